The molecule has 0 fully saturated rings. The summed E-state index contributed by atoms with van der Waals surface area (Å²) in [5, 5.41) is 19.3. The van der Waals surface area contributed by atoms with Gasteiger partial charge in [0.15, 0.2) is 5.69 Å². The third-order valence-corrected chi connectivity index (χ3v) is 11.6. The van der Waals surface area contributed by atoms with Crippen molar-refractivity contribution in [1.82, 2.24) is 28.7 Å². The molecule has 0 aliphatic rings. The summed E-state index contributed by atoms with van der Waals surface area (Å²) in [6.45, 7) is 7.51. The zero-order valence-corrected chi connectivity index (χ0v) is 38.3. The highest BCUT2D eigenvalue weighted by Crippen LogP contribution is 2.45. The molecule has 7 aromatic carbocycles. The maximum atomic E-state index is 16.4. The van der Waals surface area contributed by atoms with Crippen LogP contribution in [0.15, 0.2) is 144 Å². The number of rotatable bonds is 7. The van der Waals surface area contributed by atoms with Crippen LogP contribution in [0, 0.1) is 46.7 Å². The number of fused-ring (bicyclic) bond motifs is 6. The van der Waals surface area contributed by atoms with Gasteiger partial charge in [0.1, 0.15) is 68.0 Å². The quantitative estimate of drug-likeness (QED) is 0.116. The second-order valence-corrected chi connectivity index (χ2v) is 17.1. The van der Waals surface area contributed by atoms with Gasteiger partial charge in [-0.05, 0) is 91.0 Å². The van der Waals surface area contributed by atoms with Gasteiger partial charge in [-0.3, -0.25) is 18.3 Å². The Morgan fingerprint density at radius 2 is 0.847 bits per heavy atom. The van der Waals surface area contributed by atoms with Crippen LogP contribution in [0.3, 0.4) is 0 Å². The zero-order chi connectivity index (χ0) is 51.6. The van der Waals surface area contributed by atoms with Gasteiger partial charge < -0.3 is 0 Å². The van der Waals surface area contributed by atoms with Crippen molar-refractivity contribution >= 4 is 70.1 Å². The Balaban J connectivity index is 0.000000809. The molecule has 0 aliphatic carbocycles. The number of nitrogens with zero attached hydrogens (tertiary/aromatic N) is 9. The van der Waals surface area contributed by atoms with Crippen molar-refractivity contribution in [2.75, 3.05) is 0 Å². The number of hydrogen-bond acceptors (Lipinski definition) is 13. The number of halogens is 3. The van der Waals surface area contributed by atoms with E-state index in [-0.39, 0.29) is 89.8 Å². The van der Waals surface area contributed by atoms with Crippen LogP contribution in [-0.4, -0.2) is 66.9 Å². The third kappa shape index (κ3) is 9.28. The van der Waals surface area contributed by atoms with Crippen LogP contribution in [-0.2, 0) is 31.3 Å². The first-order valence-corrected chi connectivity index (χ1v) is 23.6. The Morgan fingerprint density at radius 3 is 1.15 bits per heavy atom. The number of aromatic nitrogens is 6. The summed E-state index contributed by atoms with van der Waals surface area (Å²) in [5.41, 5.74) is 2.49. The van der Waals surface area contributed by atoms with Crippen molar-refractivity contribution < 1.29 is 51.4 Å². The predicted octanol–water partition coefficient (Wildman–Crippen LogP) is 8.65. The van der Waals surface area contributed by atoms with E-state index in [0.29, 0.717) is 11.4 Å². The first-order valence-electron chi connectivity index (χ1n) is 20.1. The molecule has 0 atom stereocenters. The highest BCUT2D eigenvalue weighted by molar-refractivity contribution is 7.85. The summed E-state index contributed by atoms with van der Waals surface area (Å²) in [4.78, 5) is 18.4. The van der Waals surface area contributed by atoms with Crippen molar-refractivity contribution in [3.05, 3.63) is 180 Å². The fourth-order valence-corrected chi connectivity index (χ4v) is 8.40. The number of imidazole rings is 3. The van der Waals surface area contributed by atoms with Gasteiger partial charge in [-0.25, -0.2) is 33.0 Å². The highest BCUT2D eigenvalue weighted by atomic mass is 32.2. The molecule has 0 bridgehead atoms. The molecule has 0 saturated heterocycles. The number of hydrogen-bond donors (Lipinski definition) is 1. The molecule has 72 heavy (non-hydrogen) atoms. The van der Waals surface area contributed by atoms with Gasteiger partial charge in [0.25, 0.3) is 10.1 Å². The topological polar surface area (TPSA) is 262 Å². The molecule has 354 valence electrons. The first kappa shape index (κ1) is 48.8. The first-order chi connectivity index (χ1) is 34.4. The predicted molar refractivity (Wildman–Crippen MR) is 251 cm³/mol. The Bertz CT molecular complexity index is 4230. The number of nitriles is 2. The van der Waals surface area contributed by atoms with Crippen molar-refractivity contribution in [3.63, 3.8) is 0 Å². The fourth-order valence-electron chi connectivity index (χ4n) is 7.92. The maximum Gasteiger partial charge on any atom is 0.425 e. The molecular formula is C48H24F3N9O9S3. The second kappa shape index (κ2) is 19.8. The van der Waals surface area contributed by atoms with E-state index < -0.39 is 53.7 Å². The van der Waals surface area contributed by atoms with Crippen LogP contribution >= 0.6 is 0 Å². The van der Waals surface area contributed by atoms with E-state index in [2.05, 4.69) is 4.85 Å². The Hall–Kier alpha value is -9.64. The van der Waals surface area contributed by atoms with Crippen LogP contribution in [0.4, 0.5) is 18.9 Å². The van der Waals surface area contributed by atoms with Crippen molar-refractivity contribution in [1.29, 1.82) is 10.5 Å². The highest BCUT2D eigenvalue weighted by Gasteiger charge is 2.32. The molecular weight excluding hydrogens is 1000 g/mol. The van der Waals surface area contributed by atoms with E-state index in [9.17, 15) is 23.5 Å². The monoisotopic (exact) mass is 1020 g/mol. The molecule has 0 aliphatic heterocycles. The third-order valence-electron chi connectivity index (χ3n) is 10.7. The van der Waals surface area contributed by atoms with Gasteiger partial charge in [-0.2, -0.15) is 18.9 Å². The van der Waals surface area contributed by atoms with Crippen molar-refractivity contribution in [2.24, 2.45) is 0 Å². The summed E-state index contributed by atoms with van der Waals surface area (Å²) >= 11 is 0. The van der Waals surface area contributed by atoms with Gasteiger partial charge in [0, 0.05) is 17.1 Å². The van der Waals surface area contributed by atoms with E-state index in [0.717, 1.165) is 30.3 Å². The Morgan fingerprint density at radius 1 is 0.514 bits per heavy atom. The number of benzene rings is 7. The molecule has 3 heterocycles. The van der Waals surface area contributed by atoms with Crippen LogP contribution in [0.2, 0.25) is 0 Å². The lowest BCUT2D eigenvalue weighted by Crippen LogP contribution is -2.02. The van der Waals surface area contributed by atoms with E-state index in [4.69, 9.17) is 46.8 Å². The minimum absolute atomic E-state index is 0.00854. The minimum Gasteiger partial charge on any atom is -0.290 e. The van der Waals surface area contributed by atoms with Crippen LogP contribution in [0.25, 0.3) is 89.2 Å². The maximum absolute atomic E-state index is 16.4. The normalized spacial score (nSPS) is 10.9. The molecule has 10 rings (SSSR count). The smallest absolute Gasteiger partial charge is 0.290 e. The van der Waals surface area contributed by atoms with E-state index in [1.165, 1.54) is 53.1 Å². The second-order valence-electron chi connectivity index (χ2n) is 14.8. The Kier molecular flexibility index (Phi) is 13.4. The van der Waals surface area contributed by atoms with Crippen LogP contribution in [0.5, 0.6) is 0 Å². The summed E-state index contributed by atoms with van der Waals surface area (Å²) in [5.74, 6) is -2.26. The molecule has 0 amide bonds. The molecule has 1 N–H and O–H groups in total. The molecule has 0 unspecified atom stereocenters. The SMILES string of the molecule is O=S(=O)=O.O=S(=O)=O.[C-]#[N+]c1ccc(-c2nc3c4c(nc(-c5ccc(C#N)cc5F)n4-c4ccccc4)c4c(nc(-c5ccc(C#N)cc5F)n4-c4ccc(S(=O)(=O)O)cc4)c3n2-c2ccccc2)c(F)c1. The van der Waals surface area contributed by atoms with Crippen LogP contribution in [0.1, 0.15) is 11.1 Å². The summed E-state index contributed by atoms with van der Waals surface area (Å²) < 4.78 is 139. The van der Waals surface area contributed by atoms with E-state index in [1.807, 2.05) is 12.1 Å². The van der Waals surface area contributed by atoms with E-state index >= 15 is 13.2 Å². The van der Waals surface area contributed by atoms with Gasteiger partial charge in [-0.1, -0.05) is 48.5 Å². The van der Waals surface area contributed by atoms with Gasteiger partial charge in [-0.15, -0.1) is 25.3 Å². The fraction of sp³-hybridized carbons (Fsp3) is 0. The van der Waals surface area contributed by atoms with Gasteiger partial charge in [0.2, 0.25) is 0 Å². The lowest BCUT2D eigenvalue weighted by molar-refractivity contribution is 0.483. The standard InChI is InChI=1S/C48H24F3N9O3S.2O3S/c1-54-29-14-21-36(39(51)24-29)48-57-40-43-41(55-46(58(43)30-8-4-2-5-9-30)34-19-12-27(25-52)22-37(34)49)45-42(44(40)59(48)31-10-6-3-7-11-31)56-47(35-20-13-28(26-53)23-38(35)50)60(45)32-15-17-33(18-16-32)64(61,62)63;2*1-4(2)3/h2-24H,(H,61,62,63);;. The lowest BCUT2D eigenvalue weighted by atomic mass is 10.1. The summed E-state index contributed by atoms with van der Waals surface area (Å²) in [6, 6.07) is 38.5. The zero-order valence-electron chi connectivity index (χ0n) is 35.9. The summed E-state index contributed by atoms with van der Waals surface area (Å²) in [7, 11) is -10.9. The Labute approximate surface area is 406 Å². The average Bonchev–Trinajstić information content (AvgIpc) is 4.06. The van der Waals surface area contributed by atoms with Gasteiger partial charge in [0.05, 0.1) is 51.4 Å². The largest absolute Gasteiger partial charge is 0.425 e. The van der Waals surface area contributed by atoms with Gasteiger partial charge >= 0.3 is 21.2 Å². The van der Waals surface area contributed by atoms with Crippen molar-refractivity contribution in [3.8, 4) is 63.4 Å². The van der Waals surface area contributed by atoms with Crippen LogP contribution < -0.4 is 0 Å². The molecule has 0 radical (unpaired) electrons. The lowest BCUT2D eigenvalue weighted by Gasteiger charge is -2.13. The average molecular weight is 1020 g/mol. The molecule has 18 nitrogen and oxygen atoms in total. The number of para-hydroxylation sites is 2. The molecule has 0 saturated carbocycles. The summed E-state index contributed by atoms with van der Waals surface area (Å²) in [6.07, 6.45) is 0. The molecule has 0 spiro atoms. The minimum atomic E-state index is -4.66. The van der Waals surface area contributed by atoms with Crippen molar-refractivity contribution in [2.45, 2.75) is 4.90 Å². The molecule has 3 aromatic heterocycles. The molecule has 10 aromatic rings. The van der Waals surface area contributed by atoms with E-state index in [1.54, 1.807) is 69.8 Å². The molecule has 24 heteroatoms.